The van der Waals surface area contributed by atoms with Crippen molar-refractivity contribution in [2.45, 2.75) is 32.6 Å². The van der Waals surface area contributed by atoms with Crippen molar-refractivity contribution in [1.29, 1.82) is 0 Å². The Labute approximate surface area is 214 Å². The number of aryl methyl sites for hydroxylation is 1. The van der Waals surface area contributed by atoms with Gasteiger partial charge in [-0.25, -0.2) is 4.98 Å². The van der Waals surface area contributed by atoms with Crippen molar-refractivity contribution in [2.75, 3.05) is 31.1 Å². The van der Waals surface area contributed by atoms with Gasteiger partial charge in [-0.3, -0.25) is 4.79 Å². The first-order chi connectivity index (χ1) is 18.2. The van der Waals surface area contributed by atoms with Crippen LogP contribution >= 0.6 is 0 Å². The molecule has 0 N–H and O–H groups in total. The van der Waals surface area contributed by atoms with Crippen molar-refractivity contribution in [3.05, 3.63) is 72.4 Å². The summed E-state index contributed by atoms with van der Waals surface area (Å²) in [4.78, 5) is 26.8. The predicted molar refractivity (Wildman–Crippen MR) is 143 cm³/mol. The Morgan fingerprint density at radius 1 is 0.973 bits per heavy atom. The number of benzene rings is 2. The fourth-order valence-electron chi connectivity index (χ4n) is 4.98. The van der Waals surface area contributed by atoms with Crippen molar-refractivity contribution in [2.24, 2.45) is 0 Å². The zero-order valence-electron chi connectivity index (χ0n) is 20.9. The van der Waals surface area contributed by atoms with Crippen molar-refractivity contribution >= 4 is 33.6 Å². The molecule has 1 saturated heterocycles. The minimum absolute atomic E-state index is 0.0786. The molecule has 3 aromatic heterocycles. The molecule has 1 aliphatic heterocycles. The Kier molecular flexibility index (Phi) is 6.30. The van der Waals surface area contributed by atoms with Crippen LogP contribution in [0.5, 0.6) is 0 Å². The number of fused-ring (bicyclic) bond motifs is 2. The summed E-state index contributed by atoms with van der Waals surface area (Å²) < 4.78 is 11.2. The van der Waals surface area contributed by atoms with E-state index in [0.717, 1.165) is 65.9 Å². The molecule has 1 amide bonds. The number of hydrogen-bond donors (Lipinski definition) is 0. The van der Waals surface area contributed by atoms with Gasteiger partial charge in [-0.2, -0.15) is 4.98 Å². The van der Waals surface area contributed by atoms with Crippen LogP contribution in [0.2, 0.25) is 0 Å². The van der Waals surface area contributed by atoms with Gasteiger partial charge in [0.2, 0.25) is 0 Å². The van der Waals surface area contributed by atoms with Crippen molar-refractivity contribution in [3.8, 4) is 11.3 Å². The summed E-state index contributed by atoms with van der Waals surface area (Å²) in [6.45, 7) is 4.81. The number of hydrogen-bond acceptors (Lipinski definition) is 7. The molecule has 0 saturated carbocycles. The summed E-state index contributed by atoms with van der Waals surface area (Å²) in [5.74, 6) is 1.88. The maximum absolute atomic E-state index is 12.9. The fraction of sp³-hybridized carbons (Fsp3) is 0.310. The van der Waals surface area contributed by atoms with Gasteiger partial charge in [0.1, 0.15) is 22.7 Å². The summed E-state index contributed by atoms with van der Waals surface area (Å²) in [7, 11) is 0. The van der Waals surface area contributed by atoms with Crippen LogP contribution in [-0.4, -0.2) is 52.1 Å². The number of anilines is 1. The first-order valence-electron chi connectivity index (χ1n) is 12.9. The molecular weight excluding hydrogens is 466 g/mol. The summed E-state index contributed by atoms with van der Waals surface area (Å²) in [6, 6.07) is 18.0. The lowest BCUT2D eigenvalue weighted by Gasteiger charge is -2.23. The van der Waals surface area contributed by atoms with Crippen LogP contribution in [0.4, 0.5) is 5.82 Å². The molecule has 37 heavy (non-hydrogen) atoms. The molecule has 188 valence electrons. The van der Waals surface area contributed by atoms with E-state index in [4.69, 9.17) is 18.9 Å². The maximum atomic E-state index is 12.9. The molecule has 1 aliphatic rings. The second-order valence-electron chi connectivity index (χ2n) is 9.45. The van der Waals surface area contributed by atoms with Crippen molar-refractivity contribution in [1.82, 2.24) is 20.0 Å². The molecule has 1 fully saturated rings. The quantitative estimate of drug-likeness (QED) is 0.297. The number of aromatic nitrogens is 3. The van der Waals surface area contributed by atoms with E-state index in [1.165, 1.54) is 11.6 Å². The highest BCUT2D eigenvalue weighted by atomic mass is 16.5. The van der Waals surface area contributed by atoms with Gasteiger partial charge in [0.25, 0.3) is 11.6 Å². The Morgan fingerprint density at radius 2 is 1.86 bits per heavy atom. The van der Waals surface area contributed by atoms with Gasteiger partial charge in [0.15, 0.2) is 5.76 Å². The third-order valence-electron chi connectivity index (χ3n) is 6.95. The van der Waals surface area contributed by atoms with E-state index in [1.807, 2.05) is 17.0 Å². The number of rotatable bonds is 6. The van der Waals surface area contributed by atoms with E-state index < -0.39 is 0 Å². The number of carbonyl (C=O) groups is 1. The predicted octanol–water partition coefficient (Wildman–Crippen LogP) is 5.73. The highest BCUT2D eigenvalue weighted by Gasteiger charge is 2.27. The third-order valence-corrected chi connectivity index (χ3v) is 6.95. The molecule has 0 spiro atoms. The van der Waals surface area contributed by atoms with E-state index in [0.29, 0.717) is 31.1 Å². The van der Waals surface area contributed by atoms with Gasteiger partial charge in [0, 0.05) is 38.2 Å². The summed E-state index contributed by atoms with van der Waals surface area (Å²) in [5.41, 5.74) is 2.21. The molecule has 0 bridgehead atoms. The summed E-state index contributed by atoms with van der Waals surface area (Å²) in [5, 5.41) is 7.60. The van der Waals surface area contributed by atoms with Gasteiger partial charge in [-0.05, 0) is 41.8 Å². The Morgan fingerprint density at radius 3 is 2.70 bits per heavy atom. The van der Waals surface area contributed by atoms with Crippen LogP contribution < -0.4 is 4.90 Å². The molecule has 0 unspecified atom stereocenters. The molecule has 6 rings (SSSR count). The highest BCUT2D eigenvalue weighted by molar-refractivity contribution is 6.00. The number of unbranched alkanes of at least 4 members (excludes halogenated alkanes) is 1. The Hall–Kier alpha value is -4.20. The van der Waals surface area contributed by atoms with E-state index >= 15 is 0 Å². The largest absolute Gasteiger partial charge is 0.459 e. The first kappa shape index (κ1) is 23.2. The van der Waals surface area contributed by atoms with Crippen LogP contribution in [-0.2, 0) is 6.42 Å². The minimum Gasteiger partial charge on any atom is -0.459 e. The lowest BCUT2D eigenvalue weighted by atomic mass is 10.0. The average molecular weight is 496 g/mol. The number of amides is 1. The lowest BCUT2D eigenvalue weighted by Crippen LogP contribution is -2.35. The van der Waals surface area contributed by atoms with Crippen LogP contribution in [0.1, 0.15) is 42.6 Å². The second-order valence-corrected chi connectivity index (χ2v) is 9.45. The van der Waals surface area contributed by atoms with Crippen LogP contribution in [0.25, 0.3) is 33.1 Å². The monoisotopic (exact) mass is 495 g/mol. The maximum Gasteiger partial charge on any atom is 0.289 e. The van der Waals surface area contributed by atoms with E-state index in [9.17, 15) is 4.79 Å². The molecule has 2 aromatic carbocycles. The van der Waals surface area contributed by atoms with Gasteiger partial charge >= 0.3 is 0 Å². The van der Waals surface area contributed by atoms with E-state index in [1.54, 1.807) is 12.1 Å². The highest BCUT2D eigenvalue weighted by Crippen LogP contribution is 2.35. The lowest BCUT2D eigenvalue weighted by molar-refractivity contribution is 0.0735. The molecule has 4 heterocycles. The van der Waals surface area contributed by atoms with E-state index in [-0.39, 0.29) is 5.91 Å². The summed E-state index contributed by atoms with van der Waals surface area (Å²) >= 11 is 0. The molecule has 0 atom stereocenters. The Balaban J connectivity index is 1.39. The molecular formula is C29H29N5O3. The minimum atomic E-state index is -0.0786. The first-order valence-corrected chi connectivity index (χ1v) is 12.9. The molecule has 8 nitrogen and oxygen atoms in total. The van der Waals surface area contributed by atoms with Crippen LogP contribution in [0.3, 0.4) is 0 Å². The normalized spacial score (nSPS) is 14.4. The number of carbonyl (C=O) groups excluding carboxylic acids is 1. The van der Waals surface area contributed by atoms with Gasteiger partial charge in [-0.1, -0.05) is 54.9 Å². The molecule has 0 radical (unpaired) electrons. The fourth-order valence-corrected chi connectivity index (χ4v) is 4.98. The van der Waals surface area contributed by atoms with Crippen molar-refractivity contribution < 1.29 is 13.7 Å². The third kappa shape index (κ3) is 4.55. The molecule has 8 heteroatoms. The van der Waals surface area contributed by atoms with Gasteiger partial charge in [0.05, 0.1) is 6.26 Å². The number of nitrogens with zero attached hydrogens (tertiary/aromatic N) is 5. The topological polar surface area (TPSA) is 88.5 Å². The average Bonchev–Trinajstić information content (AvgIpc) is 3.56. The standard InChI is InChI=1S/C29H29N5O3/c1-2-3-11-24-30-27(33-14-7-15-34(17-16-33)29(35)23-10-6-18-36-23)25-26(32-37-28(25)31-24)22-13-12-20-8-4-5-9-21(20)19-22/h4-6,8-10,12-13,18-19H,2-3,7,11,14-17H2,1H3. The van der Waals surface area contributed by atoms with E-state index in [2.05, 4.69) is 47.3 Å². The van der Waals surface area contributed by atoms with Crippen LogP contribution in [0.15, 0.2) is 69.8 Å². The van der Waals surface area contributed by atoms with Crippen molar-refractivity contribution in [3.63, 3.8) is 0 Å². The SMILES string of the molecule is CCCCc1nc(N2CCCN(C(=O)c3ccco3)CC2)c2c(-c3ccc4ccccc4c3)noc2n1. The van der Waals surface area contributed by atoms with Crippen LogP contribution in [0, 0.1) is 0 Å². The van der Waals surface area contributed by atoms with Gasteiger partial charge < -0.3 is 18.7 Å². The molecule has 0 aliphatic carbocycles. The van der Waals surface area contributed by atoms with Gasteiger partial charge in [-0.15, -0.1) is 0 Å². The zero-order valence-corrected chi connectivity index (χ0v) is 20.9. The molecule has 5 aromatic rings. The zero-order chi connectivity index (χ0) is 25.2. The smallest absolute Gasteiger partial charge is 0.289 e. The summed E-state index contributed by atoms with van der Waals surface area (Å²) in [6.07, 6.45) is 5.19. The second kappa shape index (κ2) is 10.0. The Bertz CT molecular complexity index is 1540. The number of furan rings is 1.